The quantitative estimate of drug-likeness (QED) is 0.776. The molecule has 7 nitrogen and oxygen atoms in total. The van der Waals surface area contributed by atoms with Crippen LogP contribution in [-0.4, -0.2) is 45.9 Å². The topological polar surface area (TPSA) is 84.9 Å². The van der Waals surface area contributed by atoms with Crippen LogP contribution >= 0.6 is 0 Å². The number of nitrogens with one attached hydrogen (secondary N) is 1. The number of hydrogen-bond donors (Lipinski definition) is 1. The van der Waals surface area contributed by atoms with Crippen LogP contribution in [0.3, 0.4) is 0 Å². The number of nitrogens with zero attached hydrogens (tertiary/aromatic N) is 1. The van der Waals surface area contributed by atoms with E-state index in [9.17, 15) is 13.2 Å². The molecule has 1 aliphatic rings. The molecule has 2 aromatic carbocycles. The van der Waals surface area contributed by atoms with Crippen LogP contribution in [0.5, 0.6) is 11.5 Å². The van der Waals surface area contributed by atoms with Gasteiger partial charge in [-0.05, 0) is 43.2 Å². The lowest BCUT2D eigenvalue weighted by molar-refractivity contribution is 0.102. The van der Waals surface area contributed by atoms with Crippen LogP contribution < -0.4 is 14.8 Å². The van der Waals surface area contributed by atoms with Crippen molar-refractivity contribution in [3.8, 4) is 11.5 Å². The van der Waals surface area contributed by atoms with Gasteiger partial charge in [-0.1, -0.05) is 18.9 Å². The number of carbonyl (C=O) groups excluding carboxylic acids is 1. The summed E-state index contributed by atoms with van der Waals surface area (Å²) in [6, 6.07) is 11.3. The van der Waals surface area contributed by atoms with E-state index in [-0.39, 0.29) is 10.5 Å². The molecule has 156 valence electrons. The average Bonchev–Trinajstić information content (AvgIpc) is 3.03. The Morgan fingerprint density at radius 3 is 2.34 bits per heavy atom. The molecule has 0 bridgehead atoms. The Labute approximate surface area is 171 Å². The summed E-state index contributed by atoms with van der Waals surface area (Å²) >= 11 is 0. The van der Waals surface area contributed by atoms with E-state index in [1.807, 2.05) is 0 Å². The highest BCUT2D eigenvalue weighted by Crippen LogP contribution is 2.27. The van der Waals surface area contributed by atoms with Gasteiger partial charge in [-0.25, -0.2) is 8.42 Å². The minimum absolute atomic E-state index is 0.0935. The molecule has 1 fully saturated rings. The van der Waals surface area contributed by atoms with E-state index >= 15 is 0 Å². The first-order valence-electron chi connectivity index (χ1n) is 9.59. The van der Waals surface area contributed by atoms with Crippen LogP contribution in [0, 0.1) is 0 Å². The molecule has 0 spiro atoms. The monoisotopic (exact) mass is 418 g/mol. The molecule has 3 rings (SSSR count). The van der Waals surface area contributed by atoms with Gasteiger partial charge in [0.15, 0.2) is 0 Å². The fourth-order valence-electron chi connectivity index (χ4n) is 3.36. The smallest absolute Gasteiger partial charge is 0.259 e. The minimum atomic E-state index is -3.67. The Hall–Kier alpha value is -2.58. The number of carbonyl (C=O) groups is 1. The van der Waals surface area contributed by atoms with Crippen molar-refractivity contribution in [2.75, 3.05) is 32.6 Å². The predicted molar refractivity (Wildman–Crippen MR) is 111 cm³/mol. The third-order valence-corrected chi connectivity index (χ3v) is 6.84. The van der Waals surface area contributed by atoms with E-state index in [1.165, 1.54) is 29.6 Å². The van der Waals surface area contributed by atoms with Gasteiger partial charge in [0.25, 0.3) is 5.91 Å². The summed E-state index contributed by atoms with van der Waals surface area (Å²) < 4.78 is 38.1. The summed E-state index contributed by atoms with van der Waals surface area (Å²) in [5.41, 5.74) is 0.698. The van der Waals surface area contributed by atoms with Crippen molar-refractivity contribution in [2.24, 2.45) is 0 Å². The predicted octanol–water partition coefficient (Wildman–Crippen LogP) is 3.52. The van der Waals surface area contributed by atoms with Gasteiger partial charge in [0.1, 0.15) is 11.5 Å². The Morgan fingerprint density at radius 2 is 1.69 bits per heavy atom. The molecule has 0 saturated carbocycles. The van der Waals surface area contributed by atoms with E-state index in [4.69, 9.17) is 9.47 Å². The number of hydrogen-bond acceptors (Lipinski definition) is 5. The lowest BCUT2D eigenvalue weighted by Crippen LogP contribution is -2.32. The molecule has 0 aliphatic carbocycles. The first-order valence-corrected chi connectivity index (χ1v) is 11.0. The van der Waals surface area contributed by atoms with Gasteiger partial charge in [0.2, 0.25) is 10.0 Å². The molecule has 1 N–H and O–H groups in total. The third kappa shape index (κ3) is 4.89. The molecular formula is C21H26N2O5S. The van der Waals surface area contributed by atoms with Gasteiger partial charge in [0, 0.05) is 24.8 Å². The van der Waals surface area contributed by atoms with Gasteiger partial charge < -0.3 is 14.8 Å². The molecule has 0 atom stereocenters. The number of ether oxygens (including phenoxy) is 2. The summed E-state index contributed by atoms with van der Waals surface area (Å²) in [7, 11) is -0.684. The first kappa shape index (κ1) is 21.1. The van der Waals surface area contributed by atoms with Crippen molar-refractivity contribution >= 4 is 21.6 Å². The van der Waals surface area contributed by atoms with Gasteiger partial charge in [-0.3, -0.25) is 4.79 Å². The second-order valence-corrected chi connectivity index (χ2v) is 8.80. The third-order valence-electron chi connectivity index (χ3n) is 4.95. The highest BCUT2D eigenvalue weighted by Gasteiger charge is 2.27. The summed E-state index contributed by atoms with van der Waals surface area (Å²) in [6.07, 6.45) is 3.75. The van der Waals surface area contributed by atoms with Crippen LogP contribution in [0.4, 0.5) is 5.69 Å². The molecule has 0 radical (unpaired) electrons. The fourth-order valence-corrected chi connectivity index (χ4v) is 4.90. The van der Waals surface area contributed by atoms with Crippen molar-refractivity contribution in [3.05, 3.63) is 48.0 Å². The Morgan fingerprint density at radius 1 is 0.966 bits per heavy atom. The molecule has 1 saturated heterocycles. The highest BCUT2D eigenvalue weighted by atomic mass is 32.2. The van der Waals surface area contributed by atoms with Crippen molar-refractivity contribution in [3.63, 3.8) is 0 Å². The zero-order valence-electron chi connectivity index (χ0n) is 16.7. The average molecular weight is 419 g/mol. The van der Waals surface area contributed by atoms with E-state index in [0.29, 0.717) is 30.3 Å². The molecular weight excluding hydrogens is 392 g/mol. The van der Waals surface area contributed by atoms with Crippen LogP contribution in [0.1, 0.15) is 36.0 Å². The summed E-state index contributed by atoms with van der Waals surface area (Å²) in [4.78, 5) is 13.0. The zero-order valence-corrected chi connectivity index (χ0v) is 17.5. The molecule has 0 aromatic heterocycles. The van der Waals surface area contributed by atoms with E-state index < -0.39 is 15.9 Å². The normalized spacial score (nSPS) is 15.4. The number of benzene rings is 2. The maximum Gasteiger partial charge on any atom is 0.259 e. The molecule has 29 heavy (non-hydrogen) atoms. The number of methoxy groups -OCH3 is 2. The molecule has 1 heterocycles. The maximum absolute atomic E-state index is 13.1. The lowest BCUT2D eigenvalue weighted by Gasteiger charge is -2.20. The van der Waals surface area contributed by atoms with Crippen molar-refractivity contribution in [1.82, 2.24) is 4.31 Å². The van der Waals surface area contributed by atoms with Crippen LogP contribution in [0.15, 0.2) is 47.4 Å². The van der Waals surface area contributed by atoms with Gasteiger partial charge >= 0.3 is 0 Å². The Bertz CT molecular complexity index is 967. The van der Waals surface area contributed by atoms with Gasteiger partial charge in [-0.15, -0.1) is 0 Å². The number of sulfonamides is 1. The Kier molecular flexibility index (Phi) is 6.76. The lowest BCUT2D eigenvalue weighted by atomic mass is 10.2. The first-order chi connectivity index (χ1) is 14.0. The minimum Gasteiger partial charge on any atom is -0.497 e. The standard InChI is InChI=1S/C21H26N2O5S/c1-27-17-9-7-8-16(14-17)22-21(24)19-15-18(10-11-20(19)28-2)29(25,26)23-12-5-3-4-6-13-23/h7-11,14-15H,3-6,12-13H2,1-2H3,(H,22,24). The van der Waals surface area contributed by atoms with E-state index in [0.717, 1.165) is 25.7 Å². The van der Waals surface area contributed by atoms with Crippen LogP contribution in [-0.2, 0) is 10.0 Å². The molecule has 8 heteroatoms. The van der Waals surface area contributed by atoms with Crippen molar-refractivity contribution in [1.29, 1.82) is 0 Å². The van der Waals surface area contributed by atoms with Crippen molar-refractivity contribution in [2.45, 2.75) is 30.6 Å². The SMILES string of the molecule is COc1cccc(NC(=O)c2cc(S(=O)(=O)N3CCCCCC3)ccc2OC)c1. The van der Waals surface area contributed by atoms with E-state index in [2.05, 4.69) is 5.32 Å². The summed E-state index contributed by atoms with van der Waals surface area (Å²) in [5, 5.41) is 2.77. The zero-order chi connectivity index (χ0) is 20.9. The second-order valence-electron chi connectivity index (χ2n) is 6.87. The van der Waals surface area contributed by atoms with Crippen molar-refractivity contribution < 1.29 is 22.7 Å². The van der Waals surface area contributed by atoms with Crippen LogP contribution in [0.2, 0.25) is 0 Å². The van der Waals surface area contributed by atoms with Gasteiger partial charge in [0.05, 0.1) is 24.7 Å². The summed E-state index contributed by atoms with van der Waals surface area (Å²) in [6.45, 7) is 0.999. The summed E-state index contributed by atoms with van der Waals surface area (Å²) in [5.74, 6) is 0.454. The molecule has 1 amide bonds. The number of anilines is 1. The molecule has 0 unspecified atom stereocenters. The maximum atomic E-state index is 13.1. The number of amides is 1. The highest BCUT2D eigenvalue weighted by molar-refractivity contribution is 7.89. The number of rotatable bonds is 6. The fraction of sp³-hybridized carbons (Fsp3) is 0.381. The molecule has 1 aliphatic heterocycles. The van der Waals surface area contributed by atoms with Gasteiger partial charge in [-0.2, -0.15) is 4.31 Å². The van der Waals surface area contributed by atoms with E-state index in [1.54, 1.807) is 31.4 Å². The molecule has 2 aromatic rings. The Balaban J connectivity index is 1.90. The van der Waals surface area contributed by atoms with Crippen LogP contribution in [0.25, 0.3) is 0 Å². The largest absolute Gasteiger partial charge is 0.497 e. The second kappa shape index (κ2) is 9.28.